The van der Waals surface area contributed by atoms with Crippen LogP contribution in [0.5, 0.6) is 0 Å². The van der Waals surface area contributed by atoms with Gasteiger partial charge in [0.15, 0.2) is 0 Å². The summed E-state index contributed by atoms with van der Waals surface area (Å²) in [5.41, 5.74) is 0.507. The van der Waals surface area contributed by atoms with Gasteiger partial charge in [-0.2, -0.15) is 0 Å². The van der Waals surface area contributed by atoms with E-state index in [0.717, 1.165) is 23.7 Å². The Balaban J connectivity index is 1.66. The number of hydrogen-bond acceptors (Lipinski definition) is 2. The van der Waals surface area contributed by atoms with E-state index < -0.39 is 0 Å². The number of rotatable bonds is 6. The highest BCUT2D eigenvalue weighted by Gasteiger charge is 2.38. The van der Waals surface area contributed by atoms with Crippen molar-refractivity contribution in [1.29, 1.82) is 0 Å². The molecule has 0 unspecified atom stereocenters. The molecule has 2 fully saturated rings. The van der Waals surface area contributed by atoms with Crippen LogP contribution in [-0.4, -0.2) is 22.8 Å². The fourth-order valence-corrected chi connectivity index (χ4v) is 4.16. The summed E-state index contributed by atoms with van der Waals surface area (Å²) in [4.78, 5) is 2.67. The van der Waals surface area contributed by atoms with E-state index in [2.05, 4.69) is 26.9 Å². The molecule has 0 radical (unpaired) electrons. The highest BCUT2D eigenvalue weighted by atomic mass is 79.9. The van der Waals surface area contributed by atoms with Gasteiger partial charge in [0.2, 0.25) is 0 Å². The van der Waals surface area contributed by atoms with Gasteiger partial charge in [-0.1, -0.05) is 35.2 Å². The minimum absolute atomic E-state index is 0.507. The van der Waals surface area contributed by atoms with Crippen molar-refractivity contribution in [2.75, 3.05) is 11.9 Å². The van der Waals surface area contributed by atoms with Crippen molar-refractivity contribution in [2.45, 2.75) is 57.5 Å². The third kappa shape index (κ3) is 3.43. The van der Waals surface area contributed by atoms with E-state index in [1.165, 1.54) is 51.5 Å². The number of furan rings is 1. The average Bonchev–Trinajstić information content (AvgIpc) is 3.18. The van der Waals surface area contributed by atoms with Crippen LogP contribution in [0, 0.1) is 5.41 Å². The van der Waals surface area contributed by atoms with Crippen LogP contribution in [0.4, 0.5) is 0 Å². The van der Waals surface area contributed by atoms with Crippen molar-refractivity contribution >= 4 is 15.9 Å². The molecule has 1 aromatic rings. The minimum Gasteiger partial charge on any atom is -0.468 e. The van der Waals surface area contributed by atoms with Gasteiger partial charge in [0.25, 0.3) is 0 Å². The van der Waals surface area contributed by atoms with Gasteiger partial charge in [-0.15, -0.1) is 0 Å². The Morgan fingerprint density at radius 1 is 1.26 bits per heavy atom. The van der Waals surface area contributed by atoms with Crippen LogP contribution in [0.1, 0.15) is 50.7 Å². The van der Waals surface area contributed by atoms with Gasteiger partial charge in [0.1, 0.15) is 5.76 Å². The Bertz CT molecular complexity index is 379. The molecule has 1 heterocycles. The summed E-state index contributed by atoms with van der Waals surface area (Å²) in [6, 6.07) is 4.92. The molecule has 2 nitrogen and oxygen atoms in total. The predicted octanol–water partition coefficient (Wildman–Crippen LogP) is 4.59. The molecule has 3 rings (SSSR count). The van der Waals surface area contributed by atoms with E-state index in [0.29, 0.717) is 5.41 Å². The summed E-state index contributed by atoms with van der Waals surface area (Å²) >= 11 is 3.79. The Morgan fingerprint density at radius 2 is 2.05 bits per heavy atom. The van der Waals surface area contributed by atoms with Gasteiger partial charge in [-0.25, -0.2) is 0 Å². The highest BCUT2D eigenvalue weighted by molar-refractivity contribution is 9.09. The van der Waals surface area contributed by atoms with E-state index >= 15 is 0 Å². The largest absolute Gasteiger partial charge is 0.468 e. The topological polar surface area (TPSA) is 16.4 Å². The van der Waals surface area contributed by atoms with Crippen LogP contribution in [0.25, 0.3) is 0 Å². The lowest BCUT2D eigenvalue weighted by Crippen LogP contribution is -2.41. The van der Waals surface area contributed by atoms with E-state index in [9.17, 15) is 0 Å². The normalized spacial score (nSPS) is 22.8. The average molecular weight is 326 g/mol. The molecule has 0 aliphatic heterocycles. The van der Waals surface area contributed by atoms with Crippen LogP contribution < -0.4 is 0 Å². The number of halogens is 1. The fourth-order valence-electron chi connectivity index (χ4n) is 3.42. The molecule has 2 saturated carbocycles. The molecule has 0 aromatic carbocycles. The Labute approximate surface area is 124 Å². The summed E-state index contributed by atoms with van der Waals surface area (Å²) in [7, 11) is 0. The Kier molecular flexibility index (Phi) is 4.33. The van der Waals surface area contributed by atoms with Crippen LogP contribution in [0.3, 0.4) is 0 Å². The summed E-state index contributed by atoms with van der Waals surface area (Å²) in [6.07, 6.45) is 11.6. The molecule has 19 heavy (non-hydrogen) atoms. The molecule has 2 aliphatic carbocycles. The molecule has 0 spiro atoms. The first-order valence-corrected chi connectivity index (χ1v) is 8.76. The zero-order valence-electron chi connectivity index (χ0n) is 11.6. The van der Waals surface area contributed by atoms with E-state index in [1.807, 2.05) is 6.07 Å². The number of alkyl halides is 1. The van der Waals surface area contributed by atoms with Crippen LogP contribution in [0.2, 0.25) is 0 Å². The Morgan fingerprint density at radius 3 is 2.63 bits per heavy atom. The second-order valence-electron chi connectivity index (χ2n) is 6.41. The van der Waals surface area contributed by atoms with E-state index in [1.54, 1.807) is 6.26 Å². The molecular weight excluding hydrogens is 302 g/mol. The number of hydrogen-bond donors (Lipinski definition) is 0. The van der Waals surface area contributed by atoms with Gasteiger partial charge < -0.3 is 4.42 Å². The quantitative estimate of drug-likeness (QED) is 0.711. The molecule has 0 atom stereocenters. The second kappa shape index (κ2) is 6.01. The minimum atomic E-state index is 0.507. The molecule has 0 saturated heterocycles. The third-order valence-electron chi connectivity index (χ3n) is 4.74. The Hall–Kier alpha value is -0.280. The van der Waals surface area contributed by atoms with Gasteiger partial charge in [-0.05, 0) is 43.2 Å². The zero-order chi connectivity index (χ0) is 13.1. The molecular formula is C16H24BrNO. The first-order chi connectivity index (χ1) is 9.31. The van der Waals surface area contributed by atoms with Crippen LogP contribution in [0.15, 0.2) is 22.8 Å². The first kappa shape index (κ1) is 13.7. The lowest BCUT2D eigenvalue weighted by atomic mass is 9.75. The molecule has 2 aliphatic rings. The first-order valence-electron chi connectivity index (χ1n) is 7.64. The maximum absolute atomic E-state index is 5.54. The molecule has 3 heteroatoms. The maximum atomic E-state index is 5.54. The van der Waals surface area contributed by atoms with Crippen molar-refractivity contribution in [2.24, 2.45) is 5.41 Å². The van der Waals surface area contributed by atoms with Crippen molar-refractivity contribution in [3.8, 4) is 0 Å². The van der Waals surface area contributed by atoms with Crippen molar-refractivity contribution in [3.63, 3.8) is 0 Å². The van der Waals surface area contributed by atoms with Gasteiger partial charge in [-0.3, -0.25) is 4.90 Å². The van der Waals surface area contributed by atoms with E-state index in [-0.39, 0.29) is 0 Å². The van der Waals surface area contributed by atoms with E-state index in [4.69, 9.17) is 4.42 Å². The summed E-state index contributed by atoms with van der Waals surface area (Å²) in [6.45, 7) is 2.23. The zero-order valence-corrected chi connectivity index (χ0v) is 13.2. The summed E-state index contributed by atoms with van der Waals surface area (Å²) in [5, 5.41) is 1.15. The van der Waals surface area contributed by atoms with Crippen molar-refractivity contribution < 1.29 is 4.42 Å². The van der Waals surface area contributed by atoms with Gasteiger partial charge in [0.05, 0.1) is 12.8 Å². The van der Waals surface area contributed by atoms with Crippen LogP contribution in [-0.2, 0) is 6.54 Å². The summed E-state index contributed by atoms with van der Waals surface area (Å²) < 4.78 is 5.54. The lowest BCUT2D eigenvalue weighted by Gasteiger charge is -2.40. The van der Waals surface area contributed by atoms with Crippen LogP contribution >= 0.6 is 15.9 Å². The fraction of sp³-hybridized carbons (Fsp3) is 0.750. The molecule has 106 valence electrons. The predicted molar refractivity (Wildman–Crippen MR) is 81.5 cm³/mol. The number of nitrogens with zero attached hydrogens (tertiary/aromatic N) is 1. The van der Waals surface area contributed by atoms with Crippen molar-refractivity contribution in [3.05, 3.63) is 24.2 Å². The maximum Gasteiger partial charge on any atom is 0.117 e. The highest BCUT2D eigenvalue weighted by Crippen LogP contribution is 2.41. The molecule has 1 aromatic heterocycles. The molecule has 0 amide bonds. The SMILES string of the molecule is BrCC1(CN(Cc2ccco2)C2CC2)CCCCC1. The molecule has 0 bridgehead atoms. The summed E-state index contributed by atoms with van der Waals surface area (Å²) in [5.74, 6) is 1.12. The standard InChI is InChI=1S/C16H24BrNO/c17-12-16(8-2-1-3-9-16)13-18(14-6-7-14)11-15-5-4-10-19-15/h4-5,10,14H,1-3,6-9,11-13H2. The van der Waals surface area contributed by atoms with Gasteiger partial charge in [0, 0.05) is 17.9 Å². The lowest BCUT2D eigenvalue weighted by molar-refractivity contribution is 0.110. The van der Waals surface area contributed by atoms with Gasteiger partial charge >= 0.3 is 0 Å². The molecule has 0 N–H and O–H groups in total. The smallest absolute Gasteiger partial charge is 0.117 e. The second-order valence-corrected chi connectivity index (χ2v) is 6.97. The third-order valence-corrected chi connectivity index (χ3v) is 5.93. The van der Waals surface area contributed by atoms with Crippen molar-refractivity contribution in [1.82, 2.24) is 4.90 Å². The monoisotopic (exact) mass is 325 g/mol.